The minimum Gasteiger partial charge on any atom is -0.486 e. The summed E-state index contributed by atoms with van der Waals surface area (Å²) in [5, 5.41) is 15.6. The van der Waals surface area contributed by atoms with Crippen molar-refractivity contribution < 1.29 is 32.6 Å². The number of nitrogen functional groups attached to an aromatic ring is 1. The van der Waals surface area contributed by atoms with Crippen LogP contribution in [0.3, 0.4) is 0 Å². The Hall–Kier alpha value is -4.46. The minimum atomic E-state index is -3.86. The van der Waals surface area contributed by atoms with Crippen LogP contribution in [0.1, 0.15) is 61.9 Å². The Kier molecular flexibility index (Phi) is 12.8. The lowest BCUT2D eigenvalue weighted by atomic mass is 9.99. The highest BCUT2D eigenvalue weighted by Crippen LogP contribution is 2.35. The van der Waals surface area contributed by atoms with Gasteiger partial charge in [0.1, 0.15) is 6.10 Å². The number of carbonyl (C=O) groups is 3. The number of carbonyl (C=O) groups excluding carboxylic acids is 3. The number of aliphatic hydroxyl groups is 1. The van der Waals surface area contributed by atoms with Crippen molar-refractivity contribution in [1.29, 1.82) is 0 Å². The number of aliphatic hydroxyl groups excluding tert-OH is 1. The fourth-order valence-corrected chi connectivity index (χ4v) is 6.77. The summed E-state index contributed by atoms with van der Waals surface area (Å²) >= 11 is 0. The molecule has 5 N–H and O–H groups in total. The largest absolute Gasteiger partial charge is 0.486 e. The van der Waals surface area contributed by atoms with Gasteiger partial charge in [-0.1, -0.05) is 49.2 Å². The summed E-state index contributed by atoms with van der Waals surface area (Å²) < 4.78 is 34.7. The predicted octanol–water partition coefficient (Wildman–Crippen LogP) is 4.65. The van der Waals surface area contributed by atoms with Gasteiger partial charge in [-0.05, 0) is 63.1 Å². The number of unbranched alkanes of at least 4 members (excludes halogenated alkanes) is 2. The molecule has 0 radical (unpaired) electrons. The van der Waals surface area contributed by atoms with E-state index < -0.39 is 22.2 Å². The third-order valence-corrected chi connectivity index (χ3v) is 10.5. The first-order valence-corrected chi connectivity index (χ1v) is 17.9. The van der Waals surface area contributed by atoms with Gasteiger partial charge in [0.05, 0.1) is 46.7 Å². The highest BCUT2D eigenvalue weighted by atomic mass is 32.2. The summed E-state index contributed by atoms with van der Waals surface area (Å²) in [5.74, 6) is -1.02. The number of anilines is 3. The second-order valence-electron chi connectivity index (χ2n) is 12.6. The van der Waals surface area contributed by atoms with Crippen LogP contribution in [0.5, 0.6) is 5.75 Å². The highest BCUT2D eigenvalue weighted by molar-refractivity contribution is 7.89. The number of rotatable bonds is 14. The molecular formula is C36H47N5O7S. The maximum atomic E-state index is 13.8. The summed E-state index contributed by atoms with van der Waals surface area (Å²) in [5.41, 5.74) is 8.36. The fourth-order valence-electron chi connectivity index (χ4n) is 5.59. The molecule has 3 aromatic carbocycles. The van der Waals surface area contributed by atoms with Crippen molar-refractivity contribution in [3.63, 3.8) is 0 Å². The van der Waals surface area contributed by atoms with Crippen LogP contribution in [0.25, 0.3) is 0 Å². The molecule has 1 aliphatic rings. The topological polar surface area (TPSA) is 171 Å². The van der Waals surface area contributed by atoms with Gasteiger partial charge in [0.2, 0.25) is 21.8 Å². The monoisotopic (exact) mass is 693 g/mol. The molecule has 0 aromatic heterocycles. The molecule has 0 unspecified atom stereocenters. The number of nitrogens with two attached hydrogens (primary N) is 1. The number of para-hydroxylation sites is 3. The van der Waals surface area contributed by atoms with Crippen molar-refractivity contribution in [2.75, 3.05) is 43.1 Å². The van der Waals surface area contributed by atoms with Crippen LogP contribution in [0.15, 0.2) is 71.6 Å². The average Bonchev–Trinajstić information content (AvgIpc) is 3.07. The number of aryl methyl sites for hydroxylation is 1. The summed E-state index contributed by atoms with van der Waals surface area (Å²) in [6.45, 7) is 5.41. The number of nitrogens with one attached hydrogen (secondary N) is 2. The molecule has 0 aliphatic carbocycles. The lowest BCUT2D eigenvalue weighted by Gasteiger charge is -2.38. The smallest absolute Gasteiger partial charge is 0.258 e. The molecule has 0 saturated heterocycles. The van der Waals surface area contributed by atoms with Gasteiger partial charge >= 0.3 is 0 Å². The van der Waals surface area contributed by atoms with Crippen molar-refractivity contribution in [2.24, 2.45) is 5.92 Å². The van der Waals surface area contributed by atoms with E-state index in [1.54, 1.807) is 78.6 Å². The molecule has 0 bridgehead atoms. The van der Waals surface area contributed by atoms with Crippen molar-refractivity contribution >= 4 is 44.8 Å². The Morgan fingerprint density at radius 2 is 1.59 bits per heavy atom. The number of fused-ring (bicyclic) bond motifs is 1. The minimum absolute atomic E-state index is 0.0287. The van der Waals surface area contributed by atoms with Gasteiger partial charge in [0.25, 0.3) is 5.91 Å². The first-order chi connectivity index (χ1) is 23.3. The van der Waals surface area contributed by atoms with Crippen LogP contribution < -0.4 is 21.1 Å². The molecule has 12 nitrogen and oxygen atoms in total. The molecule has 0 spiro atoms. The summed E-state index contributed by atoms with van der Waals surface area (Å²) in [6, 6.07) is 18.0. The van der Waals surface area contributed by atoms with Gasteiger partial charge in [-0.2, -0.15) is 4.31 Å². The van der Waals surface area contributed by atoms with Gasteiger partial charge in [-0.25, -0.2) is 8.42 Å². The Bertz CT molecular complexity index is 1730. The third-order valence-electron chi connectivity index (χ3n) is 8.67. The zero-order valence-corrected chi connectivity index (χ0v) is 29.3. The van der Waals surface area contributed by atoms with Crippen LogP contribution in [0.2, 0.25) is 0 Å². The Labute approximate surface area is 288 Å². The lowest BCUT2D eigenvalue weighted by molar-refractivity contribution is -0.116. The van der Waals surface area contributed by atoms with Crippen molar-refractivity contribution in [3.8, 4) is 5.75 Å². The van der Waals surface area contributed by atoms with E-state index in [0.29, 0.717) is 30.6 Å². The van der Waals surface area contributed by atoms with Crippen LogP contribution in [-0.2, 0) is 19.6 Å². The first-order valence-electron chi connectivity index (χ1n) is 16.5. The number of likely N-dealkylation sites (N-methyl/N-ethyl adjacent to an activating group) is 1. The zero-order chi connectivity index (χ0) is 35.7. The molecule has 1 aliphatic heterocycles. The molecule has 3 amide bonds. The maximum Gasteiger partial charge on any atom is 0.258 e. The second kappa shape index (κ2) is 16.8. The molecule has 49 heavy (non-hydrogen) atoms. The Balaban J connectivity index is 1.46. The number of benzene rings is 3. The van der Waals surface area contributed by atoms with E-state index in [1.165, 1.54) is 11.4 Å². The van der Waals surface area contributed by atoms with E-state index in [2.05, 4.69) is 10.6 Å². The van der Waals surface area contributed by atoms with E-state index >= 15 is 0 Å². The molecule has 3 aromatic rings. The van der Waals surface area contributed by atoms with Gasteiger partial charge in [0.15, 0.2) is 5.75 Å². The van der Waals surface area contributed by atoms with E-state index in [0.717, 1.165) is 5.56 Å². The Morgan fingerprint density at radius 1 is 0.980 bits per heavy atom. The van der Waals surface area contributed by atoms with Crippen LogP contribution in [-0.4, -0.2) is 79.3 Å². The molecule has 13 heteroatoms. The van der Waals surface area contributed by atoms with Gasteiger partial charge in [0, 0.05) is 32.4 Å². The molecule has 3 atom stereocenters. The molecule has 264 valence electrons. The average molecular weight is 694 g/mol. The number of nitrogens with zero attached hydrogens (tertiary/aromatic N) is 2. The number of amides is 3. The number of hydrogen-bond acceptors (Lipinski definition) is 8. The Morgan fingerprint density at radius 3 is 2.22 bits per heavy atom. The van der Waals surface area contributed by atoms with E-state index in [-0.39, 0.29) is 78.1 Å². The molecule has 0 saturated carbocycles. The molecule has 4 rings (SSSR count). The summed E-state index contributed by atoms with van der Waals surface area (Å²) in [6.07, 6.45) is 1.51. The van der Waals surface area contributed by atoms with Crippen molar-refractivity contribution in [1.82, 2.24) is 9.21 Å². The number of ether oxygens (including phenoxy) is 1. The van der Waals surface area contributed by atoms with Gasteiger partial charge in [-0.3, -0.25) is 14.4 Å². The second-order valence-corrected chi connectivity index (χ2v) is 14.7. The number of sulfonamides is 1. The third kappa shape index (κ3) is 9.58. The summed E-state index contributed by atoms with van der Waals surface area (Å²) in [7, 11) is -2.37. The van der Waals surface area contributed by atoms with Crippen molar-refractivity contribution in [2.45, 2.75) is 69.9 Å². The first kappa shape index (κ1) is 37.4. The summed E-state index contributed by atoms with van der Waals surface area (Å²) in [4.78, 5) is 40.9. The van der Waals surface area contributed by atoms with E-state index in [9.17, 15) is 27.9 Å². The van der Waals surface area contributed by atoms with E-state index in [1.807, 2.05) is 13.8 Å². The zero-order valence-electron chi connectivity index (χ0n) is 28.5. The lowest BCUT2D eigenvalue weighted by Crippen LogP contribution is -2.50. The quantitative estimate of drug-likeness (QED) is 0.140. The predicted molar refractivity (Wildman–Crippen MR) is 190 cm³/mol. The van der Waals surface area contributed by atoms with Gasteiger partial charge in [-0.15, -0.1) is 0 Å². The number of hydrogen-bond donors (Lipinski definition) is 4. The van der Waals surface area contributed by atoms with Crippen LogP contribution in [0, 0.1) is 12.8 Å². The molecule has 1 heterocycles. The van der Waals surface area contributed by atoms with E-state index in [4.69, 9.17) is 10.5 Å². The standard InChI is InChI=1S/C36H47N5O7S/c1-24-17-19-27(20-18-24)49(46,47)40(4)22-32-25(2)21-41(26(3)23-42)36(45)28-11-10-14-31(35(28)48-32)39-34(44)16-7-5-6-15-33(43)38-30-13-9-8-12-29(30)37/h8-14,17-20,25-26,32,42H,5-7,15-16,21-23,37H2,1-4H3,(H,38,43)(H,39,44)/t25-,26+,32-/m0/s1. The van der Waals surface area contributed by atoms with Crippen molar-refractivity contribution in [3.05, 3.63) is 77.9 Å². The normalized spacial score (nSPS) is 17.0. The highest BCUT2D eigenvalue weighted by Gasteiger charge is 2.36. The van der Waals surface area contributed by atoms with Gasteiger partial charge < -0.3 is 31.1 Å². The maximum absolute atomic E-state index is 13.8. The molecule has 0 fully saturated rings. The van der Waals surface area contributed by atoms with Crippen LogP contribution in [0.4, 0.5) is 17.1 Å². The molecular weight excluding hydrogens is 646 g/mol. The fraction of sp³-hybridized carbons (Fsp3) is 0.417. The SMILES string of the molecule is Cc1ccc(S(=O)(=O)N(C)C[C@@H]2Oc3c(NC(=O)CCCCCC(=O)Nc4ccccc4N)cccc3C(=O)N([C@H](C)CO)C[C@@H]2C)cc1. The van der Waals surface area contributed by atoms with Crippen LogP contribution >= 0.6 is 0 Å².